The van der Waals surface area contributed by atoms with E-state index in [9.17, 15) is 9.59 Å². The van der Waals surface area contributed by atoms with E-state index in [0.717, 1.165) is 21.9 Å². The Hall–Kier alpha value is -3.80. The Labute approximate surface area is 160 Å². The Kier molecular flexibility index (Phi) is 4.68. The molecule has 4 aromatic rings. The number of fused-ring (bicyclic) bond motifs is 3. The molecule has 1 heterocycles. The first-order valence-electron chi connectivity index (χ1n) is 8.66. The number of hydrogen-bond acceptors (Lipinski definition) is 5. The predicted octanol–water partition coefficient (Wildman–Crippen LogP) is 4.39. The van der Waals surface area contributed by atoms with Crippen molar-refractivity contribution in [2.45, 2.75) is 0 Å². The summed E-state index contributed by atoms with van der Waals surface area (Å²) in [5, 5.41) is 4.61. The highest BCUT2D eigenvalue weighted by Gasteiger charge is 2.12. The van der Waals surface area contributed by atoms with Crippen LogP contribution in [0, 0.1) is 0 Å². The molecule has 0 saturated carbocycles. The topological polar surface area (TPSA) is 77.8 Å². The number of carbonyl (C=O) groups excluding carboxylic acids is 2. The molecule has 3 aromatic carbocycles. The van der Waals surface area contributed by atoms with E-state index in [1.807, 2.05) is 30.3 Å². The maximum absolute atomic E-state index is 12.2. The Morgan fingerprint density at radius 3 is 2.46 bits per heavy atom. The summed E-state index contributed by atoms with van der Waals surface area (Å²) in [6.07, 6.45) is 0. The molecular formula is C22H17NO5. The van der Waals surface area contributed by atoms with E-state index in [1.54, 1.807) is 43.5 Å². The van der Waals surface area contributed by atoms with Crippen LogP contribution in [0.1, 0.15) is 10.4 Å². The largest absolute Gasteiger partial charge is 0.497 e. The minimum Gasteiger partial charge on any atom is -0.497 e. The van der Waals surface area contributed by atoms with Gasteiger partial charge in [-0.3, -0.25) is 4.79 Å². The van der Waals surface area contributed by atoms with Gasteiger partial charge in [-0.05, 0) is 48.5 Å². The van der Waals surface area contributed by atoms with Crippen molar-refractivity contribution in [1.82, 2.24) is 0 Å². The molecule has 6 heteroatoms. The quantitative estimate of drug-likeness (QED) is 0.524. The molecule has 0 spiro atoms. The molecule has 6 nitrogen and oxygen atoms in total. The van der Waals surface area contributed by atoms with Gasteiger partial charge in [-0.25, -0.2) is 4.79 Å². The van der Waals surface area contributed by atoms with E-state index in [1.165, 1.54) is 0 Å². The molecule has 1 N–H and O–H groups in total. The molecule has 1 amide bonds. The first-order valence-corrected chi connectivity index (χ1v) is 8.66. The maximum atomic E-state index is 12.2. The van der Waals surface area contributed by atoms with Crippen molar-refractivity contribution < 1.29 is 23.5 Å². The second kappa shape index (κ2) is 7.44. The Bertz CT molecular complexity index is 1160. The molecule has 0 aliphatic carbocycles. The van der Waals surface area contributed by atoms with Crippen LogP contribution in [0.4, 0.5) is 5.69 Å². The van der Waals surface area contributed by atoms with Gasteiger partial charge in [-0.15, -0.1) is 0 Å². The summed E-state index contributed by atoms with van der Waals surface area (Å²) >= 11 is 0. The van der Waals surface area contributed by atoms with Crippen LogP contribution in [0.15, 0.2) is 71.1 Å². The van der Waals surface area contributed by atoms with Crippen LogP contribution in [0.5, 0.6) is 5.75 Å². The van der Waals surface area contributed by atoms with Gasteiger partial charge in [0.2, 0.25) is 0 Å². The van der Waals surface area contributed by atoms with Gasteiger partial charge in [0.1, 0.15) is 16.9 Å². The molecule has 4 rings (SSSR count). The molecule has 0 aliphatic rings. The van der Waals surface area contributed by atoms with Crippen molar-refractivity contribution >= 4 is 39.5 Å². The standard InChI is InChI=1S/C22H17NO5/c1-26-16-9-6-14(7-10-16)22(25)27-13-21(24)23-15-8-11-20-18(12-15)17-4-2-3-5-19(17)28-20/h2-12H,13H2,1H3,(H,23,24). The summed E-state index contributed by atoms with van der Waals surface area (Å²) in [6.45, 7) is -0.380. The molecule has 140 valence electrons. The fraction of sp³-hybridized carbons (Fsp3) is 0.0909. The van der Waals surface area contributed by atoms with Gasteiger partial charge in [-0.2, -0.15) is 0 Å². The summed E-state index contributed by atoms with van der Waals surface area (Å²) in [5.74, 6) is -0.362. The highest BCUT2D eigenvalue weighted by molar-refractivity contribution is 6.07. The number of carbonyl (C=O) groups is 2. The third kappa shape index (κ3) is 3.53. The number of benzene rings is 3. The second-order valence-electron chi connectivity index (χ2n) is 6.16. The number of methoxy groups -OCH3 is 1. The van der Waals surface area contributed by atoms with Crippen molar-refractivity contribution in [3.05, 3.63) is 72.3 Å². The fourth-order valence-corrected chi connectivity index (χ4v) is 2.94. The molecule has 0 aliphatic heterocycles. The second-order valence-corrected chi connectivity index (χ2v) is 6.16. The van der Waals surface area contributed by atoms with Crippen LogP contribution in [0.3, 0.4) is 0 Å². The SMILES string of the molecule is COc1ccc(C(=O)OCC(=O)Nc2ccc3oc4ccccc4c3c2)cc1. The van der Waals surface area contributed by atoms with Gasteiger partial charge in [0.15, 0.2) is 6.61 Å². The summed E-state index contributed by atoms with van der Waals surface area (Å²) in [5.41, 5.74) is 2.48. The minimum atomic E-state index is -0.575. The number of nitrogens with one attached hydrogen (secondary N) is 1. The summed E-state index contributed by atoms with van der Waals surface area (Å²) < 4.78 is 15.9. The van der Waals surface area contributed by atoms with Crippen molar-refractivity contribution in [3.63, 3.8) is 0 Å². The van der Waals surface area contributed by atoms with E-state index in [0.29, 0.717) is 17.0 Å². The monoisotopic (exact) mass is 375 g/mol. The first-order chi connectivity index (χ1) is 13.6. The fourth-order valence-electron chi connectivity index (χ4n) is 2.94. The maximum Gasteiger partial charge on any atom is 0.338 e. The van der Waals surface area contributed by atoms with Gasteiger partial charge >= 0.3 is 5.97 Å². The lowest BCUT2D eigenvalue weighted by Crippen LogP contribution is -2.20. The van der Waals surface area contributed by atoms with Gasteiger partial charge < -0.3 is 19.2 Å². The van der Waals surface area contributed by atoms with E-state index >= 15 is 0 Å². The molecule has 0 radical (unpaired) electrons. The summed E-state index contributed by atoms with van der Waals surface area (Å²) in [6, 6.07) is 19.5. The lowest BCUT2D eigenvalue weighted by Gasteiger charge is -2.07. The Balaban J connectivity index is 1.41. The highest BCUT2D eigenvalue weighted by Crippen LogP contribution is 2.30. The van der Waals surface area contributed by atoms with Crippen LogP contribution >= 0.6 is 0 Å². The minimum absolute atomic E-state index is 0.347. The number of anilines is 1. The zero-order valence-electron chi connectivity index (χ0n) is 15.1. The molecule has 0 bridgehead atoms. The van der Waals surface area contributed by atoms with Gasteiger partial charge in [0.05, 0.1) is 12.7 Å². The third-order valence-electron chi connectivity index (χ3n) is 4.32. The summed E-state index contributed by atoms with van der Waals surface area (Å²) in [7, 11) is 1.54. The number of furan rings is 1. The van der Waals surface area contributed by atoms with Crippen LogP contribution in [-0.4, -0.2) is 25.6 Å². The molecule has 0 atom stereocenters. The summed E-state index contributed by atoms with van der Waals surface area (Å²) in [4.78, 5) is 24.2. The van der Waals surface area contributed by atoms with Crippen LogP contribution in [-0.2, 0) is 9.53 Å². The van der Waals surface area contributed by atoms with E-state index < -0.39 is 11.9 Å². The lowest BCUT2D eigenvalue weighted by molar-refractivity contribution is -0.119. The number of esters is 1. The molecular weight excluding hydrogens is 358 g/mol. The number of rotatable bonds is 5. The van der Waals surface area contributed by atoms with Gasteiger partial charge in [0.25, 0.3) is 5.91 Å². The van der Waals surface area contributed by atoms with Crippen LogP contribution in [0.25, 0.3) is 21.9 Å². The zero-order valence-corrected chi connectivity index (χ0v) is 15.1. The highest BCUT2D eigenvalue weighted by atomic mass is 16.5. The number of ether oxygens (including phenoxy) is 2. The molecule has 0 saturated heterocycles. The van der Waals surface area contributed by atoms with Crippen molar-refractivity contribution in [3.8, 4) is 5.75 Å². The van der Waals surface area contributed by atoms with Gasteiger partial charge in [-0.1, -0.05) is 18.2 Å². The molecule has 0 fully saturated rings. The predicted molar refractivity (Wildman–Crippen MR) is 106 cm³/mol. The number of para-hydroxylation sites is 1. The number of hydrogen-bond donors (Lipinski definition) is 1. The van der Waals surface area contributed by atoms with E-state index in [2.05, 4.69) is 5.32 Å². The van der Waals surface area contributed by atoms with E-state index in [4.69, 9.17) is 13.9 Å². The average Bonchev–Trinajstić information content (AvgIpc) is 3.10. The molecule has 0 unspecified atom stereocenters. The third-order valence-corrected chi connectivity index (χ3v) is 4.32. The average molecular weight is 375 g/mol. The van der Waals surface area contributed by atoms with Crippen LogP contribution < -0.4 is 10.1 Å². The van der Waals surface area contributed by atoms with Crippen molar-refractivity contribution in [2.24, 2.45) is 0 Å². The van der Waals surface area contributed by atoms with Crippen molar-refractivity contribution in [2.75, 3.05) is 19.0 Å². The van der Waals surface area contributed by atoms with Crippen LogP contribution in [0.2, 0.25) is 0 Å². The Morgan fingerprint density at radius 2 is 1.68 bits per heavy atom. The lowest BCUT2D eigenvalue weighted by atomic mass is 10.1. The van der Waals surface area contributed by atoms with E-state index in [-0.39, 0.29) is 6.61 Å². The molecule has 28 heavy (non-hydrogen) atoms. The molecule has 1 aromatic heterocycles. The van der Waals surface area contributed by atoms with Gasteiger partial charge in [0, 0.05) is 16.5 Å². The zero-order chi connectivity index (χ0) is 19.5. The van der Waals surface area contributed by atoms with Crippen molar-refractivity contribution in [1.29, 1.82) is 0 Å². The number of amides is 1. The first kappa shape index (κ1) is 17.6. The smallest absolute Gasteiger partial charge is 0.338 e. The Morgan fingerprint density at radius 1 is 0.929 bits per heavy atom. The normalized spacial score (nSPS) is 10.8.